The molecule has 0 bridgehead atoms. The zero-order chi connectivity index (χ0) is 58.5. The normalized spacial score (nSPS) is 14.8. The van der Waals surface area contributed by atoms with Crippen LogP contribution in [0.5, 0.6) is 0 Å². The Bertz CT molecular complexity index is 2310. The number of aromatic amines is 1. The lowest BCUT2D eigenvalue weighted by atomic mass is 10.0. The summed E-state index contributed by atoms with van der Waals surface area (Å²) in [6.07, 6.45) is 2.15. The van der Waals surface area contributed by atoms with Crippen molar-refractivity contribution in [2.75, 3.05) is 158 Å². The molecule has 0 radical (unpaired) electrons. The van der Waals surface area contributed by atoms with Gasteiger partial charge in [0.2, 0.25) is 41.4 Å². The molecule has 30 heteroatoms. The van der Waals surface area contributed by atoms with Crippen LogP contribution in [0.1, 0.15) is 31.2 Å². The van der Waals surface area contributed by atoms with Crippen molar-refractivity contribution in [3.8, 4) is 0 Å². The minimum Gasteiger partial charge on any atom is -0.481 e. The summed E-state index contributed by atoms with van der Waals surface area (Å²) in [5.74, 6) is -7.92. The molecular weight excluding hydrogens is 1060 g/mol. The van der Waals surface area contributed by atoms with E-state index in [1.165, 1.54) is 0 Å². The number of amides is 7. The van der Waals surface area contributed by atoms with Crippen molar-refractivity contribution in [3.05, 3.63) is 36.0 Å². The number of carbonyl (C=O) groups is 11. The molecule has 1 fully saturated rings. The van der Waals surface area contributed by atoms with Crippen molar-refractivity contribution >= 4 is 76.4 Å². The van der Waals surface area contributed by atoms with Gasteiger partial charge in [-0.2, -0.15) is 0 Å². The Balaban J connectivity index is 1.24. The molecule has 7 amide bonds. The standard InChI is InChI=1S/C50H78N12O18/c51-41(64)31-55-50(76)40(29-46(69)70)58-44(67)32-56-49(75)39(28-36-30-54-38-5-2-1-4-37(36)38)57-43(66)7-20-77-22-24-79-26-27-80-25-23-78-21-9-53-42(65)6-3-8-52-45(68)33-60-12-10-59(18-19-63)11-13-61(34-47(71)72)16-17-62(15-14-60)35-48(73)74/h1-2,4-5,19,30,39-40,54H,3,6-18,20-29,31-35H2,(H2,51,64)(H,52,68)(H,53,65)(H,55,76)(H,56,75)(H,57,66)(H,58,67)(H,69,70)(H,71,72)(H,73,74)/t39-,40-/m0/s1. The number of rotatable bonds is 39. The summed E-state index contributed by atoms with van der Waals surface area (Å²) in [4.78, 5) is 144. The number of primary amides is 1. The topological polar surface area (TPSA) is 412 Å². The Kier molecular flexibility index (Phi) is 32.9. The lowest BCUT2D eigenvalue weighted by Gasteiger charge is -2.32. The van der Waals surface area contributed by atoms with Gasteiger partial charge in [0.05, 0.1) is 98.5 Å². The molecule has 1 aliphatic heterocycles. The van der Waals surface area contributed by atoms with Crippen molar-refractivity contribution in [3.63, 3.8) is 0 Å². The number of carboxylic acids is 3. The number of carboxylic acid groups (broad SMARTS) is 3. The summed E-state index contributed by atoms with van der Waals surface area (Å²) in [6, 6.07) is 4.61. The van der Waals surface area contributed by atoms with Crippen LogP contribution in [0.25, 0.3) is 10.9 Å². The minimum atomic E-state index is -1.57. The predicted molar refractivity (Wildman–Crippen MR) is 284 cm³/mol. The summed E-state index contributed by atoms with van der Waals surface area (Å²) >= 11 is 0. The highest BCUT2D eigenvalue weighted by Crippen LogP contribution is 2.19. The van der Waals surface area contributed by atoms with Crippen LogP contribution < -0.4 is 37.6 Å². The van der Waals surface area contributed by atoms with Crippen molar-refractivity contribution in [1.29, 1.82) is 0 Å². The summed E-state index contributed by atoms with van der Waals surface area (Å²) in [6.45, 7) is 3.67. The number of benzene rings is 1. The quantitative estimate of drug-likeness (QED) is 0.0220. The molecule has 0 saturated carbocycles. The third-order valence-electron chi connectivity index (χ3n) is 12.0. The van der Waals surface area contributed by atoms with Gasteiger partial charge in [-0.1, -0.05) is 18.2 Å². The number of aliphatic carboxylic acids is 3. The van der Waals surface area contributed by atoms with Crippen molar-refractivity contribution in [2.45, 2.75) is 44.2 Å². The molecule has 30 nitrogen and oxygen atoms in total. The van der Waals surface area contributed by atoms with Gasteiger partial charge in [0.1, 0.15) is 18.4 Å². The summed E-state index contributed by atoms with van der Waals surface area (Å²) in [5, 5.41) is 43.8. The maximum Gasteiger partial charge on any atom is 0.317 e. The molecule has 2 atom stereocenters. The van der Waals surface area contributed by atoms with Crippen LogP contribution in [0.15, 0.2) is 30.5 Å². The molecule has 0 unspecified atom stereocenters. The fourth-order valence-electron chi connectivity index (χ4n) is 7.95. The maximum atomic E-state index is 13.4. The smallest absolute Gasteiger partial charge is 0.317 e. The number of ether oxygens (including phenoxy) is 4. The second-order valence-electron chi connectivity index (χ2n) is 18.4. The first-order chi connectivity index (χ1) is 38.4. The van der Waals surface area contributed by atoms with E-state index in [1.54, 1.807) is 16.0 Å². The molecule has 80 heavy (non-hydrogen) atoms. The number of aromatic nitrogens is 1. The van der Waals surface area contributed by atoms with Crippen LogP contribution >= 0.6 is 0 Å². The predicted octanol–water partition coefficient (Wildman–Crippen LogP) is -5.07. The van der Waals surface area contributed by atoms with Gasteiger partial charge in [-0.3, -0.25) is 67.5 Å². The third-order valence-corrected chi connectivity index (χ3v) is 12.0. The Morgan fingerprint density at radius 2 is 1.07 bits per heavy atom. The first-order valence-corrected chi connectivity index (χ1v) is 26.2. The number of fused-ring (bicyclic) bond motifs is 1. The molecule has 0 spiro atoms. The number of aldehydes is 1. The summed E-state index contributed by atoms with van der Waals surface area (Å²) in [5.41, 5.74) is 6.52. The van der Waals surface area contributed by atoms with Gasteiger partial charge in [0.15, 0.2) is 0 Å². The Morgan fingerprint density at radius 3 is 1.65 bits per heavy atom. The molecule has 3 rings (SSSR count). The minimum absolute atomic E-state index is 0.00148. The Labute approximate surface area is 462 Å². The van der Waals surface area contributed by atoms with E-state index >= 15 is 0 Å². The maximum absolute atomic E-state index is 13.4. The average molecular weight is 1140 g/mol. The van der Waals surface area contributed by atoms with Crippen molar-refractivity contribution < 1.29 is 87.0 Å². The van der Waals surface area contributed by atoms with Gasteiger partial charge >= 0.3 is 17.9 Å². The molecule has 2 aromatic rings. The lowest BCUT2D eigenvalue weighted by Crippen LogP contribution is -2.53. The highest BCUT2D eigenvalue weighted by atomic mass is 16.6. The Morgan fingerprint density at radius 1 is 0.562 bits per heavy atom. The molecule has 12 N–H and O–H groups in total. The lowest BCUT2D eigenvalue weighted by molar-refractivity contribution is -0.141. The van der Waals surface area contributed by atoms with Crippen LogP contribution in [-0.2, 0) is 78.1 Å². The van der Waals surface area contributed by atoms with Gasteiger partial charge in [0, 0.05) is 102 Å². The number of hydrogen-bond acceptors (Lipinski definition) is 19. The van der Waals surface area contributed by atoms with Gasteiger partial charge in [0.25, 0.3) is 0 Å². The monoisotopic (exact) mass is 1130 g/mol. The fourth-order valence-corrected chi connectivity index (χ4v) is 7.95. The largest absolute Gasteiger partial charge is 0.481 e. The molecule has 446 valence electrons. The van der Waals surface area contributed by atoms with E-state index in [1.807, 2.05) is 34.1 Å². The van der Waals surface area contributed by atoms with Gasteiger partial charge in [-0.05, 0) is 18.1 Å². The zero-order valence-corrected chi connectivity index (χ0v) is 45.0. The number of nitrogens with zero attached hydrogens (tertiary/aromatic N) is 4. The summed E-state index contributed by atoms with van der Waals surface area (Å²) in [7, 11) is 0. The number of nitrogens with one attached hydrogen (secondary N) is 7. The van der Waals surface area contributed by atoms with E-state index in [4.69, 9.17) is 24.7 Å². The van der Waals surface area contributed by atoms with E-state index in [0.717, 1.165) is 17.2 Å². The summed E-state index contributed by atoms with van der Waals surface area (Å²) < 4.78 is 22.0. The SMILES string of the molecule is NC(=O)CNC(=O)[C@H](CC(=O)O)NC(=O)CNC(=O)[C@H](Cc1c[nH]c2ccccc12)NC(=O)CCOCCOCCOCCOCCNC(=O)CCCNC(=O)CN1CCN(CC=O)CCN(CC(=O)O)CCN(CC(=O)O)CC1. The van der Waals surface area contributed by atoms with Gasteiger partial charge in [-0.25, -0.2) is 0 Å². The highest BCUT2D eigenvalue weighted by Gasteiger charge is 2.27. The van der Waals surface area contributed by atoms with Crippen LogP contribution in [0.2, 0.25) is 0 Å². The molecule has 0 aliphatic carbocycles. The average Bonchev–Trinajstić information content (AvgIpc) is 3.81. The fraction of sp³-hybridized carbons (Fsp3) is 0.620. The van der Waals surface area contributed by atoms with E-state index in [0.29, 0.717) is 64.3 Å². The number of para-hydroxylation sites is 1. The van der Waals surface area contributed by atoms with Crippen LogP contribution in [0.4, 0.5) is 0 Å². The van der Waals surface area contributed by atoms with E-state index in [9.17, 15) is 68.1 Å². The molecule has 1 aromatic carbocycles. The van der Waals surface area contributed by atoms with Crippen LogP contribution in [0.3, 0.4) is 0 Å². The highest BCUT2D eigenvalue weighted by molar-refractivity contribution is 5.95. The number of carbonyl (C=O) groups excluding carboxylic acids is 8. The second kappa shape index (κ2) is 39.2. The Hall–Kier alpha value is -7.19. The second-order valence-corrected chi connectivity index (χ2v) is 18.4. The molecule has 1 aliphatic rings. The van der Waals surface area contributed by atoms with Crippen LogP contribution in [-0.4, -0.2) is 275 Å². The number of nitrogens with two attached hydrogens (primary N) is 1. The van der Waals surface area contributed by atoms with Crippen LogP contribution in [0, 0.1) is 0 Å². The first-order valence-electron chi connectivity index (χ1n) is 26.2. The van der Waals surface area contributed by atoms with Gasteiger partial charge in [-0.15, -0.1) is 0 Å². The first kappa shape index (κ1) is 67.1. The molecule has 1 aromatic heterocycles. The number of H-pyrrole nitrogens is 1. The zero-order valence-electron chi connectivity index (χ0n) is 45.0. The third kappa shape index (κ3) is 30.2. The van der Waals surface area contributed by atoms with E-state index < -0.39 is 79.0 Å². The molecular formula is C50H78N12O18. The molecule has 2 heterocycles. The van der Waals surface area contributed by atoms with Crippen molar-refractivity contribution in [1.82, 2.24) is 56.5 Å². The van der Waals surface area contributed by atoms with Gasteiger partial charge < -0.3 is 81.7 Å². The van der Waals surface area contributed by atoms with E-state index in [2.05, 4.69) is 36.9 Å². The number of hydrogen-bond donors (Lipinski definition) is 11. The van der Waals surface area contributed by atoms with Crippen molar-refractivity contribution in [2.24, 2.45) is 5.73 Å². The van der Waals surface area contributed by atoms with E-state index in [-0.39, 0.29) is 123 Å². The molecule has 1 saturated heterocycles.